The molecule has 0 atom stereocenters. The molecule has 2 nitrogen and oxygen atoms in total. The maximum Gasteiger partial charge on any atom is 0.231 e. The smallest absolute Gasteiger partial charge is 0.231 e. The Hall–Kier alpha value is -1.61. The van der Waals surface area contributed by atoms with Gasteiger partial charge in [-0.15, -0.1) is 0 Å². The molecule has 1 aromatic carbocycles. The number of hydrogen-bond acceptors (Lipinski definition) is 3. The van der Waals surface area contributed by atoms with Crippen molar-refractivity contribution in [2.45, 2.75) is 18.7 Å². The molecule has 0 radical (unpaired) electrons. The van der Waals surface area contributed by atoms with Crippen molar-refractivity contribution < 1.29 is 9.47 Å². The summed E-state index contributed by atoms with van der Waals surface area (Å²) in [5, 5.41) is 0. The van der Waals surface area contributed by atoms with Crippen molar-refractivity contribution in [3.63, 3.8) is 0 Å². The van der Waals surface area contributed by atoms with Gasteiger partial charge in [0.05, 0.1) is 0 Å². The van der Waals surface area contributed by atoms with E-state index in [0.717, 1.165) is 16.4 Å². The van der Waals surface area contributed by atoms with Crippen molar-refractivity contribution in [2.75, 3.05) is 6.79 Å². The zero-order chi connectivity index (χ0) is 13.0. The maximum absolute atomic E-state index is 5.38. The van der Waals surface area contributed by atoms with Crippen LogP contribution in [0.25, 0.3) is 0 Å². The summed E-state index contributed by atoms with van der Waals surface area (Å²) in [4.78, 5) is 2.10. The number of aryl methyl sites for hydroxylation is 1. The van der Waals surface area contributed by atoms with Crippen molar-refractivity contribution in [3.8, 4) is 0 Å². The van der Waals surface area contributed by atoms with Crippen LogP contribution in [0.3, 0.4) is 0 Å². The Morgan fingerprint density at radius 2 is 1.89 bits per heavy atom. The lowest BCUT2D eigenvalue weighted by atomic mass is 10.2. The minimum atomic E-state index is 0.286. The van der Waals surface area contributed by atoms with Crippen LogP contribution in [-0.2, 0) is 9.47 Å². The molecule has 0 saturated carbocycles. The molecule has 1 aliphatic heterocycles. The van der Waals surface area contributed by atoms with E-state index in [4.69, 9.17) is 9.47 Å². The van der Waals surface area contributed by atoms with Crippen LogP contribution < -0.4 is 0 Å². The van der Waals surface area contributed by atoms with E-state index in [-0.39, 0.29) is 6.79 Å². The second-order valence-electron chi connectivity index (χ2n) is 3.95. The third-order valence-electron chi connectivity index (χ3n) is 2.50. The molecule has 1 heterocycles. The van der Waals surface area contributed by atoms with Crippen molar-refractivity contribution >= 4 is 11.8 Å². The Balaban J connectivity index is 2.04. The zero-order valence-corrected chi connectivity index (χ0v) is 11.4. The second kappa shape index (κ2) is 5.83. The van der Waals surface area contributed by atoms with E-state index in [2.05, 4.69) is 37.8 Å². The molecule has 1 aromatic rings. The number of hydrogen-bond donors (Lipinski definition) is 0. The van der Waals surface area contributed by atoms with Crippen LogP contribution in [0, 0.1) is 6.92 Å². The molecule has 2 rings (SSSR count). The van der Waals surface area contributed by atoms with E-state index in [9.17, 15) is 0 Å². The van der Waals surface area contributed by atoms with Crippen molar-refractivity contribution in [3.05, 3.63) is 65.0 Å². The lowest BCUT2D eigenvalue weighted by Gasteiger charge is -2.02. The maximum atomic E-state index is 5.38. The van der Waals surface area contributed by atoms with Crippen LogP contribution in [0.2, 0.25) is 0 Å². The van der Waals surface area contributed by atoms with Crippen LogP contribution in [0.4, 0.5) is 0 Å². The van der Waals surface area contributed by atoms with Crippen LogP contribution in [0.5, 0.6) is 0 Å². The largest absolute Gasteiger partial charge is 0.454 e. The average Bonchev–Trinajstić information content (AvgIpc) is 2.79. The van der Waals surface area contributed by atoms with E-state index in [1.807, 2.05) is 19.1 Å². The number of ether oxygens (including phenoxy) is 2. The molecule has 1 saturated heterocycles. The van der Waals surface area contributed by atoms with Crippen molar-refractivity contribution in [1.29, 1.82) is 0 Å². The molecule has 0 unspecified atom stereocenters. The van der Waals surface area contributed by atoms with Gasteiger partial charge in [0.25, 0.3) is 0 Å². The fourth-order valence-corrected chi connectivity index (χ4v) is 2.31. The molecule has 1 fully saturated rings. The van der Waals surface area contributed by atoms with Crippen LogP contribution in [-0.4, -0.2) is 6.79 Å². The molecule has 1 aliphatic rings. The van der Waals surface area contributed by atoms with Crippen LogP contribution in [0.15, 0.2) is 64.3 Å². The summed E-state index contributed by atoms with van der Waals surface area (Å²) in [5.74, 6) is 1.53. The zero-order valence-electron chi connectivity index (χ0n) is 10.6. The van der Waals surface area contributed by atoms with E-state index in [1.165, 1.54) is 10.5 Å². The van der Waals surface area contributed by atoms with E-state index < -0.39 is 0 Å². The number of rotatable bonds is 3. The Bertz CT molecular complexity index is 498. The summed E-state index contributed by atoms with van der Waals surface area (Å²) in [6.07, 6.45) is 3.80. The van der Waals surface area contributed by atoms with Gasteiger partial charge in [-0.25, -0.2) is 0 Å². The number of allylic oxidation sites excluding steroid dienone is 2. The topological polar surface area (TPSA) is 18.5 Å². The molecule has 94 valence electrons. The molecule has 0 aliphatic carbocycles. The quantitative estimate of drug-likeness (QED) is 0.751. The average molecular weight is 260 g/mol. The van der Waals surface area contributed by atoms with E-state index in [0.29, 0.717) is 0 Å². The van der Waals surface area contributed by atoms with Gasteiger partial charge in [-0.3, -0.25) is 0 Å². The first-order valence-electron chi connectivity index (χ1n) is 5.76. The third kappa shape index (κ3) is 3.20. The van der Waals surface area contributed by atoms with E-state index in [1.54, 1.807) is 11.8 Å². The fraction of sp³-hybridized carbons (Fsp3) is 0.200. The number of thioether (sulfide) groups is 1. The highest BCUT2D eigenvalue weighted by molar-refractivity contribution is 8.03. The highest BCUT2D eigenvalue weighted by atomic mass is 32.2. The summed E-state index contributed by atoms with van der Waals surface area (Å²) in [6.45, 7) is 8.32. The fourth-order valence-electron chi connectivity index (χ4n) is 1.57. The highest BCUT2D eigenvalue weighted by Gasteiger charge is 2.15. The summed E-state index contributed by atoms with van der Waals surface area (Å²) in [5.41, 5.74) is 1.26. The van der Waals surface area contributed by atoms with Crippen LogP contribution in [0.1, 0.15) is 12.5 Å². The number of benzene rings is 1. The minimum Gasteiger partial charge on any atom is -0.454 e. The molecule has 18 heavy (non-hydrogen) atoms. The molecule has 0 spiro atoms. The predicted octanol–water partition coefficient (Wildman–Crippen LogP) is 4.39. The summed E-state index contributed by atoms with van der Waals surface area (Å²) in [7, 11) is 0. The minimum absolute atomic E-state index is 0.286. The lowest BCUT2D eigenvalue weighted by molar-refractivity contribution is 0.0976. The van der Waals surface area contributed by atoms with Crippen molar-refractivity contribution in [2.24, 2.45) is 0 Å². The Kier molecular flexibility index (Phi) is 4.15. The van der Waals surface area contributed by atoms with Crippen molar-refractivity contribution in [1.82, 2.24) is 0 Å². The molecule has 0 aromatic heterocycles. The lowest BCUT2D eigenvalue weighted by Crippen LogP contribution is -1.83. The Labute approximate surface area is 112 Å². The standard InChI is InChI=1S/C15H16O2S/c1-4-14-15(17-10-16-14)9-12(3)18-13-7-5-11(2)6-8-13/h4-9H,3,10H2,1-2H3/b14-4+,15-9+. The first-order valence-corrected chi connectivity index (χ1v) is 6.58. The SMILES string of the molecule is C=C(/C=C1/OCO/C1=C/C)Sc1ccc(C)cc1. The van der Waals surface area contributed by atoms with Gasteiger partial charge in [0.15, 0.2) is 11.5 Å². The monoisotopic (exact) mass is 260 g/mol. The Morgan fingerprint density at radius 1 is 1.22 bits per heavy atom. The van der Waals surface area contributed by atoms with Gasteiger partial charge >= 0.3 is 0 Å². The summed E-state index contributed by atoms with van der Waals surface area (Å²) in [6, 6.07) is 8.36. The van der Waals surface area contributed by atoms with Gasteiger partial charge in [-0.05, 0) is 38.1 Å². The van der Waals surface area contributed by atoms with Gasteiger partial charge in [-0.2, -0.15) is 0 Å². The normalized spacial score (nSPS) is 18.8. The van der Waals surface area contributed by atoms with Crippen LogP contribution >= 0.6 is 11.8 Å². The van der Waals surface area contributed by atoms with Gasteiger partial charge in [0.2, 0.25) is 6.79 Å². The molecule has 0 bridgehead atoms. The molecule has 3 heteroatoms. The first kappa shape index (κ1) is 12.8. The Morgan fingerprint density at radius 3 is 2.56 bits per heavy atom. The second-order valence-corrected chi connectivity index (χ2v) is 5.15. The highest BCUT2D eigenvalue weighted by Crippen LogP contribution is 2.30. The first-order chi connectivity index (χ1) is 8.69. The molecule has 0 N–H and O–H groups in total. The van der Waals surface area contributed by atoms with Gasteiger partial charge in [0.1, 0.15) is 0 Å². The van der Waals surface area contributed by atoms with Gasteiger partial charge < -0.3 is 9.47 Å². The molecular formula is C15H16O2S. The molecule has 0 amide bonds. The summed E-state index contributed by atoms with van der Waals surface area (Å²) >= 11 is 1.62. The predicted molar refractivity (Wildman–Crippen MR) is 75.1 cm³/mol. The third-order valence-corrected chi connectivity index (χ3v) is 3.38. The van der Waals surface area contributed by atoms with E-state index >= 15 is 0 Å². The summed E-state index contributed by atoms with van der Waals surface area (Å²) < 4.78 is 10.7. The van der Waals surface area contributed by atoms with Gasteiger partial charge in [-0.1, -0.05) is 36.0 Å². The van der Waals surface area contributed by atoms with Gasteiger partial charge in [0, 0.05) is 9.80 Å². The molecular weight excluding hydrogens is 244 g/mol.